The highest BCUT2D eigenvalue weighted by Crippen LogP contribution is 2.30. The number of hydrogen-bond donors (Lipinski definition) is 1. The van der Waals surface area contributed by atoms with Crippen molar-refractivity contribution in [1.82, 2.24) is 14.5 Å². The van der Waals surface area contributed by atoms with Crippen LogP contribution in [0.4, 0.5) is 10.8 Å². The summed E-state index contributed by atoms with van der Waals surface area (Å²) >= 11 is 2.71. The molecule has 4 rings (SSSR count). The minimum absolute atomic E-state index is 0.0656. The number of carbonyl (C=O) groups is 1. The number of piperidine rings is 1. The van der Waals surface area contributed by atoms with Crippen LogP contribution in [0.3, 0.4) is 0 Å². The molecule has 0 radical (unpaired) electrons. The van der Waals surface area contributed by atoms with Gasteiger partial charge in [-0.2, -0.15) is 4.98 Å². The van der Waals surface area contributed by atoms with E-state index < -0.39 is 0 Å². The summed E-state index contributed by atoms with van der Waals surface area (Å²) in [5, 5.41) is 4.40. The van der Waals surface area contributed by atoms with Gasteiger partial charge in [-0.25, -0.2) is 4.98 Å². The van der Waals surface area contributed by atoms with Crippen molar-refractivity contribution in [2.24, 2.45) is 0 Å². The maximum absolute atomic E-state index is 13.3. The van der Waals surface area contributed by atoms with Crippen LogP contribution < -0.4 is 15.8 Å². The molecule has 9 heteroatoms. The van der Waals surface area contributed by atoms with E-state index in [1.165, 1.54) is 29.5 Å². The third-order valence-corrected chi connectivity index (χ3v) is 7.69. The van der Waals surface area contributed by atoms with Gasteiger partial charge in [-0.05, 0) is 58.1 Å². The molecule has 0 spiro atoms. The van der Waals surface area contributed by atoms with Gasteiger partial charge in [0.1, 0.15) is 4.70 Å². The second kappa shape index (κ2) is 9.62. The van der Waals surface area contributed by atoms with Crippen LogP contribution in [0.2, 0.25) is 0 Å². The SMILES string of the molecule is Cc1cccc(C)c1NC(=O)CSc1nc2nc(N3CCCCC3)sc2c(=O)n1C(C)C. The van der Waals surface area contributed by atoms with Crippen molar-refractivity contribution in [3.8, 4) is 0 Å². The van der Waals surface area contributed by atoms with Gasteiger partial charge in [0.15, 0.2) is 15.9 Å². The number of hydrogen-bond acceptors (Lipinski definition) is 7. The Morgan fingerprint density at radius 2 is 1.84 bits per heavy atom. The van der Waals surface area contributed by atoms with Crippen molar-refractivity contribution in [3.63, 3.8) is 0 Å². The molecule has 1 aliphatic heterocycles. The summed E-state index contributed by atoms with van der Waals surface area (Å²) in [4.78, 5) is 37.6. The second-order valence-corrected chi connectivity index (χ2v) is 10.4. The lowest BCUT2D eigenvalue weighted by molar-refractivity contribution is -0.113. The van der Waals surface area contributed by atoms with Crippen LogP contribution in [-0.2, 0) is 4.79 Å². The minimum atomic E-state index is -0.121. The molecule has 1 aromatic carbocycles. The summed E-state index contributed by atoms with van der Waals surface area (Å²) in [6.07, 6.45) is 3.54. The third kappa shape index (κ3) is 4.68. The van der Waals surface area contributed by atoms with E-state index in [-0.39, 0.29) is 23.3 Å². The largest absolute Gasteiger partial charge is 0.348 e. The van der Waals surface area contributed by atoms with E-state index in [0.717, 1.165) is 47.9 Å². The first kappa shape index (κ1) is 22.8. The highest BCUT2D eigenvalue weighted by Gasteiger charge is 2.21. The van der Waals surface area contributed by atoms with Crippen LogP contribution >= 0.6 is 23.1 Å². The number of anilines is 2. The van der Waals surface area contributed by atoms with Gasteiger partial charge in [0.25, 0.3) is 5.56 Å². The Labute approximate surface area is 196 Å². The zero-order valence-corrected chi connectivity index (χ0v) is 20.6. The van der Waals surface area contributed by atoms with Crippen molar-refractivity contribution in [2.75, 3.05) is 29.1 Å². The molecule has 3 aromatic rings. The van der Waals surface area contributed by atoms with Crippen LogP contribution in [0.1, 0.15) is 50.3 Å². The van der Waals surface area contributed by atoms with Gasteiger partial charge in [0.05, 0.1) is 5.75 Å². The first-order chi connectivity index (χ1) is 15.3. The van der Waals surface area contributed by atoms with E-state index in [4.69, 9.17) is 4.98 Å². The predicted molar refractivity (Wildman–Crippen MR) is 133 cm³/mol. The van der Waals surface area contributed by atoms with E-state index in [1.807, 2.05) is 45.9 Å². The summed E-state index contributed by atoms with van der Waals surface area (Å²) in [7, 11) is 0. The lowest BCUT2D eigenvalue weighted by Gasteiger charge is -2.25. The summed E-state index contributed by atoms with van der Waals surface area (Å²) in [6.45, 7) is 9.81. The zero-order chi connectivity index (χ0) is 22.8. The lowest BCUT2D eigenvalue weighted by Crippen LogP contribution is -2.29. The Bertz CT molecular complexity index is 1170. The highest BCUT2D eigenvalue weighted by atomic mass is 32.2. The molecule has 1 aliphatic rings. The maximum Gasteiger partial charge on any atom is 0.274 e. The van der Waals surface area contributed by atoms with E-state index in [2.05, 4.69) is 15.2 Å². The standard InChI is InChI=1S/C23H29N5O2S2/c1-14(2)28-21(30)19-20(25-22(32-19)27-11-6-5-7-12-27)26-23(28)31-13-17(29)24-18-15(3)9-8-10-16(18)4/h8-10,14H,5-7,11-13H2,1-4H3,(H,24,29). The Morgan fingerprint density at radius 1 is 1.16 bits per heavy atom. The minimum Gasteiger partial charge on any atom is -0.348 e. The van der Waals surface area contributed by atoms with Crippen LogP contribution in [0.25, 0.3) is 10.3 Å². The van der Waals surface area contributed by atoms with E-state index in [1.54, 1.807) is 4.57 Å². The first-order valence-corrected chi connectivity index (χ1v) is 12.8. The Kier molecular flexibility index (Phi) is 6.85. The van der Waals surface area contributed by atoms with Gasteiger partial charge >= 0.3 is 0 Å². The number of para-hydroxylation sites is 1. The number of nitrogens with zero attached hydrogens (tertiary/aromatic N) is 4. The Balaban J connectivity index is 1.59. The summed E-state index contributed by atoms with van der Waals surface area (Å²) in [5.74, 6) is 0.0472. The van der Waals surface area contributed by atoms with Crippen molar-refractivity contribution in [1.29, 1.82) is 0 Å². The number of rotatable bonds is 6. The third-order valence-electron chi connectivity index (χ3n) is 5.64. The molecule has 1 fully saturated rings. The van der Waals surface area contributed by atoms with Gasteiger partial charge in [0, 0.05) is 24.8 Å². The fourth-order valence-corrected chi connectivity index (χ4v) is 5.86. The summed E-state index contributed by atoms with van der Waals surface area (Å²) in [5.41, 5.74) is 3.29. The molecular formula is C23H29N5O2S2. The summed E-state index contributed by atoms with van der Waals surface area (Å²) in [6, 6.07) is 5.86. The number of benzene rings is 1. The second-order valence-electron chi connectivity index (χ2n) is 8.46. The molecule has 0 atom stereocenters. The molecule has 1 N–H and O–H groups in total. The molecule has 1 saturated heterocycles. The number of nitrogens with one attached hydrogen (secondary N) is 1. The molecule has 3 heterocycles. The van der Waals surface area contributed by atoms with Gasteiger partial charge in [-0.1, -0.05) is 41.3 Å². The normalized spacial score (nSPS) is 14.3. The molecule has 0 saturated carbocycles. The van der Waals surface area contributed by atoms with Crippen LogP contribution in [-0.4, -0.2) is 39.3 Å². The van der Waals surface area contributed by atoms with Gasteiger partial charge < -0.3 is 10.2 Å². The number of thiazole rings is 1. The van der Waals surface area contributed by atoms with Gasteiger partial charge in [0.2, 0.25) is 5.91 Å². The molecule has 7 nitrogen and oxygen atoms in total. The van der Waals surface area contributed by atoms with Crippen molar-refractivity contribution in [3.05, 3.63) is 39.7 Å². The molecule has 0 aliphatic carbocycles. The Morgan fingerprint density at radius 3 is 2.50 bits per heavy atom. The average Bonchev–Trinajstić information content (AvgIpc) is 3.20. The monoisotopic (exact) mass is 471 g/mol. The number of fused-ring (bicyclic) bond motifs is 1. The quantitative estimate of drug-likeness (QED) is 0.412. The van der Waals surface area contributed by atoms with Gasteiger partial charge in [-0.15, -0.1) is 0 Å². The topological polar surface area (TPSA) is 80.1 Å². The molecule has 32 heavy (non-hydrogen) atoms. The lowest BCUT2D eigenvalue weighted by atomic mass is 10.1. The maximum atomic E-state index is 13.3. The number of aromatic nitrogens is 3. The molecular weight excluding hydrogens is 442 g/mol. The zero-order valence-electron chi connectivity index (χ0n) is 19.0. The van der Waals surface area contributed by atoms with E-state index >= 15 is 0 Å². The van der Waals surface area contributed by atoms with Crippen LogP contribution in [0.15, 0.2) is 28.2 Å². The van der Waals surface area contributed by atoms with Crippen molar-refractivity contribution in [2.45, 2.75) is 58.2 Å². The van der Waals surface area contributed by atoms with Crippen LogP contribution in [0.5, 0.6) is 0 Å². The first-order valence-electron chi connectivity index (χ1n) is 11.0. The smallest absolute Gasteiger partial charge is 0.274 e. The predicted octanol–water partition coefficient (Wildman–Crippen LogP) is 4.77. The van der Waals surface area contributed by atoms with E-state index in [0.29, 0.717) is 15.5 Å². The number of aryl methyl sites for hydroxylation is 2. The molecule has 1 amide bonds. The van der Waals surface area contributed by atoms with Crippen LogP contribution in [0, 0.1) is 13.8 Å². The molecule has 170 valence electrons. The molecule has 2 aromatic heterocycles. The number of thioether (sulfide) groups is 1. The molecule has 0 bridgehead atoms. The highest BCUT2D eigenvalue weighted by molar-refractivity contribution is 7.99. The fraction of sp³-hybridized carbons (Fsp3) is 0.478. The molecule has 0 unspecified atom stereocenters. The number of amides is 1. The van der Waals surface area contributed by atoms with Crippen molar-refractivity contribution < 1.29 is 4.79 Å². The average molecular weight is 472 g/mol. The van der Waals surface area contributed by atoms with Crippen molar-refractivity contribution >= 4 is 50.2 Å². The fourth-order valence-electron chi connectivity index (χ4n) is 3.95. The Hall–Kier alpha value is -2.39. The van der Waals surface area contributed by atoms with E-state index in [9.17, 15) is 9.59 Å². The van der Waals surface area contributed by atoms with Gasteiger partial charge in [-0.3, -0.25) is 14.2 Å². The number of carbonyl (C=O) groups excluding carboxylic acids is 1. The summed E-state index contributed by atoms with van der Waals surface area (Å²) < 4.78 is 2.26.